The smallest absolute Gasteiger partial charge is 0.130 e. The Bertz CT molecular complexity index is 512. The molecule has 2 aromatic rings. The van der Waals surface area contributed by atoms with Crippen LogP contribution >= 0.6 is 0 Å². The van der Waals surface area contributed by atoms with Gasteiger partial charge in [0.25, 0.3) is 0 Å². The molecule has 2 rings (SSSR count). The molecule has 1 aromatic carbocycles. The van der Waals surface area contributed by atoms with E-state index in [1.807, 2.05) is 36.4 Å². The second kappa shape index (κ2) is 6.64. The Morgan fingerprint density at radius 2 is 1.84 bits per heavy atom. The van der Waals surface area contributed by atoms with Crippen LogP contribution in [0.15, 0.2) is 42.6 Å². The van der Waals surface area contributed by atoms with E-state index in [-0.39, 0.29) is 0 Å². The molecule has 0 unspecified atom stereocenters. The number of ether oxygens (including phenoxy) is 2. The second-order valence-corrected chi connectivity index (χ2v) is 4.03. The van der Waals surface area contributed by atoms with Crippen molar-refractivity contribution in [3.05, 3.63) is 48.3 Å². The monoisotopic (exact) mass is 258 g/mol. The van der Waals surface area contributed by atoms with Gasteiger partial charge in [-0.2, -0.15) is 0 Å². The summed E-state index contributed by atoms with van der Waals surface area (Å²) in [5.74, 6) is 1.62. The summed E-state index contributed by atoms with van der Waals surface area (Å²) in [5, 5.41) is 3.25. The molecule has 4 nitrogen and oxygen atoms in total. The van der Waals surface area contributed by atoms with E-state index in [9.17, 15) is 0 Å². The summed E-state index contributed by atoms with van der Waals surface area (Å²) in [4.78, 5) is 4.28. The minimum absolute atomic E-state index is 0.450. The molecule has 0 atom stereocenters. The number of nitrogens with one attached hydrogen (secondary N) is 1. The molecule has 4 heteroatoms. The lowest BCUT2D eigenvalue weighted by Crippen LogP contribution is -2.01. The van der Waals surface area contributed by atoms with Crippen LogP contribution in [0.2, 0.25) is 0 Å². The van der Waals surface area contributed by atoms with Crippen LogP contribution in [0.1, 0.15) is 12.6 Å². The summed E-state index contributed by atoms with van der Waals surface area (Å²) < 4.78 is 10.8. The fourth-order valence-electron chi connectivity index (χ4n) is 1.70. The summed E-state index contributed by atoms with van der Waals surface area (Å²) in [7, 11) is 1.64. The molecule has 1 N–H and O–H groups in total. The molecular formula is C15H18N2O2. The van der Waals surface area contributed by atoms with Gasteiger partial charge in [-0.15, -0.1) is 0 Å². The number of nitrogens with zero attached hydrogens (tertiary/aromatic N) is 1. The number of benzene rings is 1. The molecule has 0 fully saturated rings. The van der Waals surface area contributed by atoms with E-state index in [0.717, 1.165) is 29.4 Å². The highest BCUT2D eigenvalue weighted by Gasteiger charge is 1.99. The quantitative estimate of drug-likeness (QED) is 0.864. The Hall–Kier alpha value is -2.23. The first-order valence-corrected chi connectivity index (χ1v) is 6.27. The highest BCUT2D eigenvalue weighted by atomic mass is 16.5. The molecule has 0 aliphatic carbocycles. The predicted octanol–water partition coefficient (Wildman–Crippen LogP) is 3.10. The zero-order chi connectivity index (χ0) is 13.5. The maximum Gasteiger partial charge on any atom is 0.130 e. The van der Waals surface area contributed by atoms with E-state index in [1.165, 1.54) is 0 Å². The molecule has 0 bridgehead atoms. The van der Waals surface area contributed by atoms with Crippen LogP contribution < -0.4 is 14.8 Å². The van der Waals surface area contributed by atoms with Crippen LogP contribution in [-0.4, -0.2) is 18.6 Å². The lowest BCUT2D eigenvalue weighted by atomic mass is 10.3. The lowest BCUT2D eigenvalue weighted by Gasteiger charge is -2.08. The topological polar surface area (TPSA) is 43.4 Å². The maximum atomic E-state index is 5.68. The van der Waals surface area contributed by atoms with Crippen molar-refractivity contribution in [1.82, 2.24) is 4.98 Å². The van der Waals surface area contributed by atoms with Gasteiger partial charge in [-0.1, -0.05) is 0 Å². The average Bonchev–Trinajstić information content (AvgIpc) is 2.46. The van der Waals surface area contributed by atoms with Crippen molar-refractivity contribution in [3.63, 3.8) is 0 Å². The Labute approximate surface area is 113 Å². The first-order valence-electron chi connectivity index (χ1n) is 6.27. The van der Waals surface area contributed by atoms with Crippen molar-refractivity contribution in [2.75, 3.05) is 19.0 Å². The van der Waals surface area contributed by atoms with E-state index in [0.29, 0.717) is 6.61 Å². The van der Waals surface area contributed by atoms with Crippen molar-refractivity contribution in [1.29, 1.82) is 0 Å². The molecule has 0 spiro atoms. The molecule has 0 saturated carbocycles. The van der Waals surface area contributed by atoms with Crippen molar-refractivity contribution in [2.24, 2.45) is 0 Å². The van der Waals surface area contributed by atoms with Gasteiger partial charge >= 0.3 is 0 Å². The second-order valence-electron chi connectivity index (χ2n) is 4.03. The standard InChI is InChI=1S/C15H18N2O2/c1-3-16-12-8-9-17-13(10-12)11-19-15-6-4-14(18-2)5-7-15/h4-10H,3,11H2,1-2H3,(H,16,17). The van der Waals surface area contributed by atoms with Gasteiger partial charge in [-0.25, -0.2) is 0 Å². The van der Waals surface area contributed by atoms with Crippen molar-refractivity contribution < 1.29 is 9.47 Å². The Balaban J connectivity index is 1.95. The van der Waals surface area contributed by atoms with Gasteiger partial charge in [-0.05, 0) is 43.3 Å². The molecule has 0 saturated heterocycles. The van der Waals surface area contributed by atoms with Gasteiger partial charge in [0.1, 0.15) is 18.1 Å². The molecule has 1 aromatic heterocycles. The third kappa shape index (κ3) is 3.88. The molecule has 100 valence electrons. The highest BCUT2D eigenvalue weighted by Crippen LogP contribution is 2.18. The van der Waals surface area contributed by atoms with Crippen LogP contribution in [0.4, 0.5) is 5.69 Å². The third-order valence-electron chi connectivity index (χ3n) is 2.64. The minimum Gasteiger partial charge on any atom is -0.497 e. The van der Waals surface area contributed by atoms with Crippen LogP contribution in [0, 0.1) is 0 Å². The van der Waals surface area contributed by atoms with E-state index in [4.69, 9.17) is 9.47 Å². The van der Waals surface area contributed by atoms with Crippen LogP contribution in [0.5, 0.6) is 11.5 Å². The van der Waals surface area contributed by atoms with Gasteiger partial charge in [0.05, 0.1) is 12.8 Å². The average molecular weight is 258 g/mol. The zero-order valence-electron chi connectivity index (χ0n) is 11.2. The van der Waals surface area contributed by atoms with E-state index < -0.39 is 0 Å². The highest BCUT2D eigenvalue weighted by molar-refractivity contribution is 5.43. The summed E-state index contributed by atoms with van der Waals surface area (Å²) in [6.45, 7) is 3.41. The van der Waals surface area contributed by atoms with Gasteiger partial charge < -0.3 is 14.8 Å². The number of methoxy groups -OCH3 is 1. The van der Waals surface area contributed by atoms with Gasteiger partial charge in [0, 0.05) is 18.4 Å². The van der Waals surface area contributed by atoms with Crippen molar-refractivity contribution in [2.45, 2.75) is 13.5 Å². The summed E-state index contributed by atoms with van der Waals surface area (Å²) in [6, 6.07) is 11.4. The molecule has 0 amide bonds. The first-order chi connectivity index (χ1) is 9.31. The lowest BCUT2D eigenvalue weighted by molar-refractivity contribution is 0.300. The SMILES string of the molecule is CCNc1ccnc(COc2ccc(OC)cc2)c1. The van der Waals surface area contributed by atoms with Crippen LogP contribution in [-0.2, 0) is 6.61 Å². The Morgan fingerprint density at radius 3 is 2.53 bits per heavy atom. The number of anilines is 1. The largest absolute Gasteiger partial charge is 0.497 e. The number of pyridine rings is 1. The van der Waals surface area contributed by atoms with Crippen molar-refractivity contribution >= 4 is 5.69 Å². The van der Waals surface area contributed by atoms with E-state index >= 15 is 0 Å². The fourth-order valence-corrected chi connectivity index (χ4v) is 1.70. The molecular weight excluding hydrogens is 240 g/mol. The molecule has 19 heavy (non-hydrogen) atoms. The van der Waals surface area contributed by atoms with Crippen LogP contribution in [0.3, 0.4) is 0 Å². The molecule has 0 aliphatic heterocycles. The van der Waals surface area contributed by atoms with Crippen molar-refractivity contribution in [3.8, 4) is 11.5 Å². The Morgan fingerprint density at radius 1 is 1.11 bits per heavy atom. The zero-order valence-corrected chi connectivity index (χ0v) is 11.2. The summed E-state index contributed by atoms with van der Waals surface area (Å²) in [6.07, 6.45) is 1.78. The number of hydrogen-bond acceptors (Lipinski definition) is 4. The predicted molar refractivity (Wildman–Crippen MR) is 75.7 cm³/mol. The van der Waals surface area contributed by atoms with Gasteiger partial charge in [-0.3, -0.25) is 4.98 Å². The summed E-state index contributed by atoms with van der Waals surface area (Å²) in [5.41, 5.74) is 1.96. The fraction of sp³-hybridized carbons (Fsp3) is 0.267. The van der Waals surface area contributed by atoms with Gasteiger partial charge in [0.2, 0.25) is 0 Å². The maximum absolute atomic E-state index is 5.68. The molecule has 0 aliphatic rings. The Kier molecular flexibility index (Phi) is 4.61. The summed E-state index contributed by atoms with van der Waals surface area (Å²) >= 11 is 0. The van der Waals surface area contributed by atoms with Crippen LogP contribution in [0.25, 0.3) is 0 Å². The minimum atomic E-state index is 0.450. The van der Waals surface area contributed by atoms with E-state index in [2.05, 4.69) is 17.2 Å². The number of aromatic nitrogens is 1. The normalized spacial score (nSPS) is 10.0. The first kappa shape index (κ1) is 13.2. The number of rotatable bonds is 6. The van der Waals surface area contributed by atoms with Gasteiger partial charge in [0.15, 0.2) is 0 Å². The number of hydrogen-bond donors (Lipinski definition) is 1. The third-order valence-corrected chi connectivity index (χ3v) is 2.64. The van der Waals surface area contributed by atoms with E-state index in [1.54, 1.807) is 13.3 Å². The molecule has 1 heterocycles. The molecule has 0 radical (unpaired) electrons.